The molecule has 0 unspecified atom stereocenters. The van der Waals surface area contributed by atoms with E-state index in [2.05, 4.69) is 10.4 Å². The zero-order chi connectivity index (χ0) is 13.2. The van der Waals surface area contributed by atoms with Gasteiger partial charge in [-0.15, -0.1) is 0 Å². The number of nitrogens with zero attached hydrogens (tertiary/aromatic N) is 2. The van der Waals surface area contributed by atoms with Crippen molar-refractivity contribution in [1.29, 1.82) is 0 Å². The minimum atomic E-state index is -0.604. The number of hydrogen-bond donors (Lipinski definition) is 1. The number of carbonyl (C=O) groups excluding carboxylic acids is 2. The Kier molecular flexibility index (Phi) is 3.55. The first kappa shape index (κ1) is 13.2. The summed E-state index contributed by atoms with van der Waals surface area (Å²) in [5.74, 6) is -0.211. The molecule has 1 aromatic rings. The van der Waals surface area contributed by atoms with Crippen molar-refractivity contribution in [1.82, 2.24) is 9.78 Å². The Balaban J connectivity index is 2.81. The third-order valence-corrected chi connectivity index (χ3v) is 1.80. The van der Waals surface area contributed by atoms with Crippen LogP contribution in [0.1, 0.15) is 38.2 Å². The summed E-state index contributed by atoms with van der Waals surface area (Å²) in [4.78, 5) is 22.8. The third-order valence-electron chi connectivity index (χ3n) is 1.80. The summed E-state index contributed by atoms with van der Waals surface area (Å²) in [6.45, 7) is 6.69. The molecule has 0 fully saturated rings. The van der Waals surface area contributed by atoms with Gasteiger partial charge in [-0.2, -0.15) is 5.10 Å². The number of ketones is 1. The minimum Gasteiger partial charge on any atom is -0.444 e. The number of aromatic nitrogens is 2. The van der Waals surface area contributed by atoms with E-state index in [4.69, 9.17) is 4.74 Å². The molecule has 1 heterocycles. The molecule has 0 aliphatic heterocycles. The van der Waals surface area contributed by atoms with Crippen LogP contribution in [-0.4, -0.2) is 27.3 Å². The lowest BCUT2D eigenvalue weighted by Crippen LogP contribution is -2.27. The first-order valence-corrected chi connectivity index (χ1v) is 5.23. The van der Waals surface area contributed by atoms with E-state index in [1.165, 1.54) is 11.6 Å². The van der Waals surface area contributed by atoms with E-state index in [9.17, 15) is 9.59 Å². The maximum atomic E-state index is 11.5. The number of ether oxygens (including phenoxy) is 1. The molecule has 94 valence electrons. The molecule has 0 saturated carbocycles. The molecule has 0 spiro atoms. The summed E-state index contributed by atoms with van der Waals surface area (Å²) in [6, 6.07) is 0. The number of aryl methyl sites for hydroxylation is 1. The van der Waals surface area contributed by atoms with Crippen LogP contribution >= 0.6 is 0 Å². The number of carbonyl (C=O) groups is 2. The molecule has 0 saturated heterocycles. The quantitative estimate of drug-likeness (QED) is 0.801. The summed E-state index contributed by atoms with van der Waals surface area (Å²) < 4.78 is 6.55. The summed E-state index contributed by atoms with van der Waals surface area (Å²) in [6.07, 6.45) is 0.952. The third kappa shape index (κ3) is 3.90. The van der Waals surface area contributed by atoms with Crippen molar-refractivity contribution in [3.8, 4) is 0 Å². The van der Waals surface area contributed by atoms with Gasteiger partial charge in [0, 0.05) is 20.2 Å². The Hall–Kier alpha value is -1.85. The highest BCUT2D eigenvalue weighted by atomic mass is 16.6. The lowest BCUT2D eigenvalue weighted by atomic mass is 10.2. The van der Waals surface area contributed by atoms with Crippen LogP contribution in [0.2, 0.25) is 0 Å². The van der Waals surface area contributed by atoms with Crippen LogP contribution < -0.4 is 5.32 Å². The number of anilines is 1. The van der Waals surface area contributed by atoms with Crippen molar-refractivity contribution in [2.45, 2.75) is 33.3 Å². The Morgan fingerprint density at radius 1 is 1.41 bits per heavy atom. The normalized spacial score (nSPS) is 11.1. The van der Waals surface area contributed by atoms with Gasteiger partial charge in [-0.25, -0.2) is 4.79 Å². The Morgan fingerprint density at radius 2 is 2.00 bits per heavy atom. The van der Waals surface area contributed by atoms with Crippen LogP contribution in [-0.2, 0) is 11.8 Å². The second-order valence-electron chi connectivity index (χ2n) is 4.75. The van der Waals surface area contributed by atoms with Gasteiger partial charge in [-0.05, 0) is 20.8 Å². The highest BCUT2D eigenvalue weighted by Crippen LogP contribution is 2.15. The highest BCUT2D eigenvalue weighted by Gasteiger charge is 2.19. The SMILES string of the molecule is CC(=O)c1nn(C)cc1NC(=O)OC(C)(C)C. The van der Waals surface area contributed by atoms with Crippen LogP contribution in [0.15, 0.2) is 6.20 Å². The molecular formula is C11H17N3O3. The molecule has 1 N–H and O–H groups in total. The fourth-order valence-corrected chi connectivity index (χ4v) is 1.25. The number of hydrogen-bond acceptors (Lipinski definition) is 4. The monoisotopic (exact) mass is 239 g/mol. The fourth-order valence-electron chi connectivity index (χ4n) is 1.25. The largest absolute Gasteiger partial charge is 0.444 e. The molecule has 1 amide bonds. The van der Waals surface area contributed by atoms with Crippen molar-refractivity contribution in [2.24, 2.45) is 7.05 Å². The number of amides is 1. The van der Waals surface area contributed by atoms with Gasteiger partial charge in [0.25, 0.3) is 0 Å². The van der Waals surface area contributed by atoms with E-state index in [-0.39, 0.29) is 11.5 Å². The van der Waals surface area contributed by atoms with Gasteiger partial charge in [0.2, 0.25) is 0 Å². The maximum Gasteiger partial charge on any atom is 0.412 e. The predicted molar refractivity (Wildman–Crippen MR) is 63.1 cm³/mol. The second-order valence-corrected chi connectivity index (χ2v) is 4.75. The van der Waals surface area contributed by atoms with E-state index < -0.39 is 11.7 Å². The van der Waals surface area contributed by atoms with Gasteiger partial charge >= 0.3 is 6.09 Å². The summed E-state index contributed by atoms with van der Waals surface area (Å²) in [5.41, 5.74) is -0.00419. The molecule has 0 radical (unpaired) electrons. The zero-order valence-electron chi connectivity index (χ0n) is 10.7. The molecule has 1 rings (SSSR count). The summed E-state index contributed by atoms with van der Waals surface area (Å²) >= 11 is 0. The van der Waals surface area contributed by atoms with Gasteiger partial charge < -0.3 is 4.74 Å². The summed E-state index contributed by atoms with van der Waals surface area (Å²) in [5, 5.41) is 6.46. The van der Waals surface area contributed by atoms with E-state index in [1.807, 2.05) is 0 Å². The molecule has 0 aromatic carbocycles. The summed E-state index contributed by atoms with van der Waals surface area (Å²) in [7, 11) is 1.67. The standard InChI is InChI=1S/C11H17N3O3/c1-7(15)9-8(6-14(5)13-9)12-10(16)17-11(2,3)4/h6H,1-5H3,(H,12,16). The average Bonchev–Trinajstić information content (AvgIpc) is 2.42. The first-order chi connectivity index (χ1) is 7.69. The number of Topliss-reactive ketones (excluding diaryl/α,β-unsaturated/α-hetero) is 1. The molecule has 0 aliphatic rings. The zero-order valence-corrected chi connectivity index (χ0v) is 10.7. The van der Waals surface area contributed by atoms with Crippen molar-refractivity contribution in [3.05, 3.63) is 11.9 Å². The Morgan fingerprint density at radius 3 is 2.47 bits per heavy atom. The molecule has 0 aliphatic carbocycles. The lowest BCUT2D eigenvalue weighted by molar-refractivity contribution is 0.0636. The van der Waals surface area contributed by atoms with Crippen LogP contribution in [0.25, 0.3) is 0 Å². The van der Waals surface area contributed by atoms with Crippen LogP contribution in [0.4, 0.5) is 10.5 Å². The predicted octanol–water partition coefficient (Wildman–Crippen LogP) is 1.97. The Bertz CT molecular complexity index is 443. The van der Waals surface area contributed by atoms with Gasteiger partial charge in [0.15, 0.2) is 11.5 Å². The van der Waals surface area contributed by atoms with Crippen molar-refractivity contribution < 1.29 is 14.3 Å². The fraction of sp³-hybridized carbons (Fsp3) is 0.545. The highest BCUT2D eigenvalue weighted by molar-refractivity contribution is 6.00. The average molecular weight is 239 g/mol. The van der Waals surface area contributed by atoms with Gasteiger partial charge in [-0.1, -0.05) is 0 Å². The minimum absolute atomic E-state index is 0.211. The molecule has 6 nitrogen and oxygen atoms in total. The molecular weight excluding hydrogens is 222 g/mol. The molecule has 0 bridgehead atoms. The number of rotatable bonds is 2. The second kappa shape index (κ2) is 4.57. The molecule has 1 aromatic heterocycles. The lowest BCUT2D eigenvalue weighted by Gasteiger charge is -2.19. The van der Waals surface area contributed by atoms with Crippen LogP contribution in [0.3, 0.4) is 0 Å². The molecule has 17 heavy (non-hydrogen) atoms. The van der Waals surface area contributed by atoms with Gasteiger partial charge in [-0.3, -0.25) is 14.8 Å². The molecule has 0 atom stereocenters. The van der Waals surface area contributed by atoms with Crippen molar-refractivity contribution in [3.63, 3.8) is 0 Å². The topological polar surface area (TPSA) is 73.2 Å². The van der Waals surface area contributed by atoms with Crippen LogP contribution in [0.5, 0.6) is 0 Å². The van der Waals surface area contributed by atoms with Crippen molar-refractivity contribution in [2.75, 3.05) is 5.32 Å². The van der Waals surface area contributed by atoms with E-state index in [0.29, 0.717) is 5.69 Å². The van der Waals surface area contributed by atoms with Crippen molar-refractivity contribution >= 4 is 17.6 Å². The smallest absolute Gasteiger partial charge is 0.412 e. The maximum absolute atomic E-state index is 11.5. The first-order valence-electron chi connectivity index (χ1n) is 5.23. The van der Waals surface area contributed by atoms with Crippen LogP contribution in [0, 0.1) is 0 Å². The molecule has 6 heteroatoms. The van der Waals surface area contributed by atoms with E-state index in [0.717, 1.165) is 0 Å². The van der Waals surface area contributed by atoms with E-state index in [1.54, 1.807) is 34.0 Å². The van der Waals surface area contributed by atoms with Gasteiger partial charge in [0.05, 0.1) is 5.69 Å². The Labute approximate surface area is 99.9 Å². The number of nitrogens with one attached hydrogen (secondary N) is 1. The van der Waals surface area contributed by atoms with Gasteiger partial charge in [0.1, 0.15) is 5.60 Å². The van der Waals surface area contributed by atoms with E-state index >= 15 is 0 Å².